The lowest BCUT2D eigenvalue weighted by Crippen LogP contribution is -2.54. The number of sulfonamides is 1. The molecule has 140 valence electrons. The summed E-state index contributed by atoms with van der Waals surface area (Å²) in [7, 11) is -1.70. The van der Waals surface area contributed by atoms with E-state index in [1.165, 1.54) is 29.0 Å². The highest BCUT2D eigenvalue weighted by molar-refractivity contribution is 7.88. The van der Waals surface area contributed by atoms with Crippen molar-refractivity contribution in [1.82, 2.24) is 14.9 Å². The second kappa shape index (κ2) is 8.26. The Morgan fingerprint density at radius 1 is 1.28 bits per heavy atom. The summed E-state index contributed by atoms with van der Waals surface area (Å²) in [4.78, 5) is 24.7. The Morgan fingerprint density at radius 3 is 2.44 bits per heavy atom. The number of carbonyl (C=O) groups is 2. The molecule has 2 heterocycles. The smallest absolute Gasteiger partial charge is 0.309 e. The summed E-state index contributed by atoms with van der Waals surface area (Å²) in [5.74, 6) is -1.42. The fourth-order valence-corrected chi connectivity index (χ4v) is 4.15. The third kappa shape index (κ3) is 5.50. The Hall–Kier alpha value is -1.49. The number of hydrogen-bond acceptors (Lipinski definition) is 6. The molecule has 0 aromatic carbocycles. The molecule has 0 saturated carbocycles. The molecule has 1 aliphatic rings. The van der Waals surface area contributed by atoms with E-state index in [2.05, 4.69) is 10.6 Å². The van der Waals surface area contributed by atoms with Crippen LogP contribution in [0.4, 0.5) is 0 Å². The Balaban J connectivity index is 1.81. The maximum atomic E-state index is 11.9. The number of ether oxygens (including phenoxy) is 1. The van der Waals surface area contributed by atoms with Crippen molar-refractivity contribution in [3.63, 3.8) is 0 Å². The van der Waals surface area contributed by atoms with Crippen LogP contribution in [-0.4, -0.2) is 63.1 Å². The van der Waals surface area contributed by atoms with Gasteiger partial charge in [0.1, 0.15) is 0 Å². The molecule has 1 fully saturated rings. The second-order valence-electron chi connectivity index (χ2n) is 5.99. The first-order valence-electron chi connectivity index (χ1n) is 7.84. The molecule has 2 amide bonds. The monoisotopic (exact) mass is 389 g/mol. The molecule has 0 radical (unpaired) electrons. The van der Waals surface area contributed by atoms with E-state index in [1.54, 1.807) is 0 Å². The third-order valence-electron chi connectivity index (χ3n) is 4.32. The summed E-state index contributed by atoms with van der Waals surface area (Å²) in [6.45, 7) is 1.12. The third-order valence-corrected chi connectivity index (χ3v) is 6.50. The molecule has 0 bridgehead atoms. The van der Waals surface area contributed by atoms with Crippen LogP contribution in [-0.2, 0) is 30.9 Å². The fourth-order valence-electron chi connectivity index (χ4n) is 2.66. The highest BCUT2D eigenvalue weighted by Crippen LogP contribution is 2.26. The average molecular weight is 389 g/mol. The Kier molecular flexibility index (Phi) is 6.55. The van der Waals surface area contributed by atoms with Crippen LogP contribution in [0, 0.1) is 0 Å². The lowest BCUT2D eigenvalue weighted by Gasteiger charge is -2.39. The molecule has 25 heavy (non-hydrogen) atoms. The van der Waals surface area contributed by atoms with Gasteiger partial charge in [-0.2, -0.15) is 0 Å². The quantitative estimate of drug-likeness (QED) is 0.662. The summed E-state index contributed by atoms with van der Waals surface area (Å²) in [5, 5.41) is 7.04. The normalized spacial score (nSPS) is 17.8. The van der Waals surface area contributed by atoms with Gasteiger partial charge >= 0.3 is 11.8 Å². The summed E-state index contributed by atoms with van der Waals surface area (Å²) < 4.78 is 30.1. The van der Waals surface area contributed by atoms with Crippen LogP contribution in [0.2, 0.25) is 0 Å². The molecule has 10 heteroatoms. The number of rotatable bonds is 6. The van der Waals surface area contributed by atoms with E-state index >= 15 is 0 Å². The van der Waals surface area contributed by atoms with E-state index < -0.39 is 27.4 Å². The minimum atomic E-state index is -3.23. The number of amides is 2. The minimum absolute atomic E-state index is 0.159. The van der Waals surface area contributed by atoms with Crippen molar-refractivity contribution in [2.75, 3.05) is 33.0 Å². The highest BCUT2D eigenvalue weighted by Gasteiger charge is 2.37. The van der Waals surface area contributed by atoms with Crippen LogP contribution >= 0.6 is 11.3 Å². The topological polar surface area (TPSA) is 105 Å². The number of nitrogens with zero attached hydrogens (tertiary/aromatic N) is 1. The first kappa shape index (κ1) is 19.8. The van der Waals surface area contributed by atoms with Gasteiger partial charge in [0.15, 0.2) is 0 Å². The Morgan fingerprint density at radius 2 is 1.92 bits per heavy atom. The molecule has 1 aliphatic heterocycles. The van der Waals surface area contributed by atoms with Crippen molar-refractivity contribution in [3.05, 3.63) is 22.4 Å². The maximum Gasteiger partial charge on any atom is 0.309 e. The molecular formula is C15H23N3O5S2. The molecule has 2 rings (SSSR count). The predicted molar refractivity (Wildman–Crippen MR) is 94.6 cm³/mol. The minimum Gasteiger partial charge on any atom is -0.376 e. The summed E-state index contributed by atoms with van der Waals surface area (Å²) >= 11 is 1.50. The number of piperidine rings is 1. The van der Waals surface area contributed by atoms with Crippen molar-refractivity contribution in [3.8, 4) is 0 Å². The van der Waals surface area contributed by atoms with E-state index in [0.717, 1.165) is 4.88 Å². The van der Waals surface area contributed by atoms with Gasteiger partial charge in [-0.15, -0.1) is 11.3 Å². The second-order valence-corrected chi connectivity index (χ2v) is 9.01. The van der Waals surface area contributed by atoms with Gasteiger partial charge < -0.3 is 15.4 Å². The van der Waals surface area contributed by atoms with Crippen molar-refractivity contribution >= 4 is 33.2 Å². The number of hydrogen-bond donors (Lipinski definition) is 2. The number of nitrogens with one attached hydrogen (secondary N) is 2. The zero-order chi connectivity index (χ0) is 18.5. The van der Waals surface area contributed by atoms with E-state index in [9.17, 15) is 18.0 Å². The summed E-state index contributed by atoms with van der Waals surface area (Å²) in [6.07, 6.45) is 2.08. The van der Waals surface area contributed by atoms with Gasteiger partial charge in [-0.05, 0) is 24.3 Å². The summed E-state index contributed by atoms with van der Waals surface area (Å²) in [5.41, 5.74) is -0.662. The molecule has 0 aliphatic carbocycles. The molecule has 0 unspecified atom stereocenters. The molecule has 1 aromatic heterocycles. The summed E-state index contributed by atoms with van der Waals surface area (Å²) in [6, 6.07) is 3.75. The van der Waals surface area contributed by atoms with Crippen LogP contribution in [0.25, 0.3) is 0 Å². The van der Waals surface area contributed by atoms with E-state index in [0.29, 0.717) is 32.5 Å². The van der Waals surface area contributed by atoms with Crippen LogP contribution < -0.4 is 10.6 Å². The van der Waals surface area contributed by atoms with E-state index in [-0.39, 0.29) is 6.54 Å². The van der Waals surface area contributed by atoms with Crippen LogP contribution in [0.15, 0.2) is 17.5 Å². The number of carbonyl (C=O) groups excluding carboxylic acids is 2. The van der Waals surface area contributed by atoms with Crippen molar-refractivity contribution in [2.45, 2.75) is 25.0 Å². The predicted octanol–water partition coefficient (Wildman–Crippen LogP) is -0.0789. The SMILES string of the molecule is COC1(CNC(=O)C(=O)NCc2cccs2)CCN(S(C)(=O)=O)CC1. The van der Waals surface area contributed by atoms with Gasteiger partial charge in [0.2, 0.25) is 10.0 Å². The first-order valence-corrected chi connectivity index (χ1v) is 10.6. The number of methoxy groups -OCH3 is 1. The van der Waals surface area contributed by atoms with Crippen molar-refractivity contribution < 1.29 is 22.7 Å². The molecule has 0 atom stereocenters. The van der Waals surface area contributed by atoms with Crippen molar-refractivity contribution in [1.29, 1.82) is 0 Å². The molecule has 0 spiro atoms. The van der Waals surface area contributed by atoms with Gasteiger partial charge in [0, 0.05) is 31.6 Å². The molecular weight excluding hydrogens is 366 g/mol. The van der Waals surface area contributed by atoms with E-state index in [4.69, 9.17) is 4.74 Å². The number of thiophene rings is 1. The Bertz CT molecular complexity index is 695. The van der Waals surface area contributed by atoms with Crippen molar-refractivity contribution in [2.24, 2.45) is 0 Å². The average Bonchev–Trinajstić information content (AvgIpc) is 3.10. The van der Waals surface area contributed by atoms with Gasteiger partial charge in [-0.1, -0.05) is 6.07 Å². The molecule has 1 aromatic rings. The zero-order valence-electron chi connectivity index (χ0n) is 14.3. The van der Waals surface area contributed by atoms with Crippen LogP contribution in [0.5, 0.6) is 0 Å². The highest BCUT2D eigenvalue weighted by atomic mass is 32.2. The zero-order valence-corrected chi connectivity index (χ0v) is 15.9. The molecule has 8 nitrogen and oxygen atoms in total. The van der Waals surface area contributed by atoms with Gasteiger partial charge in [-0.3, -0.25) is 9.59 Å². The fraction of sp³-hybridized carbons (Fsp3) is 0.600. The molecule has 2 N–H and O–H groups in total. The van der Waals surface area contributed by atoms with Gasteiger partial charge in [0.05, 0.1) is 18.4 Å². The molecule has 1 saturated heterocycles. The van der Waals surface area contributed by atoms with E-state index in [1.807, 2.05) is 17.5 Å². The van der Waals surface area contributed by atoms with Gasteiger partial charge in [0.25, 0.3) is 0 Å². The lowest BCUT2D eigenvalue weighted by atomic mass is 9.92. The standard InChI is InChI=1S/C15H23N3O5S2/c1-23-15(5-7-18(8-6-15)25(2,21)22)11-17-14(20)13(19)16-10-12-4-3-9-24-12/h3-4,9H,5-8,10-11H2,1-2H3,(H,16,19)(H,17,20). The Labute approximate surface area is 151 Å². The lowest BCUT2D eigenvalue weighted by molar-refractivity contribution is -0.140. The largest absolute Gasteiger partial charge is 0.376 e. The van der Waals surface area contributed by atoms with Crippen LogP contribution in [0.3, 0.4) is 0 Å². The van der Waals surface area contributed by atoms with Gasteiger partial charge in [-0.25, -0.2) is 12.7 Å². The maximum absolute atomic E-state index is 11.9. The van der Waals surface area contributed by atoms with Crippen LogP contribution in [0.1, 0.15) is 17.7 Å². The first-order chi connectivity index (χ1) is 11.8.